The van der Waals surface area contributed by atoms with Gasteiger partial charge in [0, 0.05) is 68.9 Å². The molecule has 2 saturated carbocycles. The van der Waals surface area contributed by atoms with E-state index in [1.807, 2.05) is 6.07 Å². The molecule has 2 amide bonds. The number of benzene rings is 3. The van der Waals surface area contributed by atoms with Gasteiger partial charge < -0.3 is 29.0 Å². The molecule has 1 saturated heterocycles. The van der Waals surface area contributed by atoms with E-state index < -0.39 is 0 Å². The Kier molecular flexibility index (Phi) is 13.8. The standard InChI is InChI=1S/C50H58ClN9O5/c1-33-11-18-41-44(59(33)50(62)63-2)20-21-45-48(41)54-47(29-34-7-4-3-5-8-34)60(45)37-9-6-10-39(30-37)64-28-27-57-23-25-58(26-24-57)46-22-19-43(55-56-46)49(61)53-36-13-16-38(17-14-36)65-40-15-12-35(32-52)42(51)31-40/h3-5,7-8,12,15,19-22,31,33,36-39H,6,9-11,13-14,16-18,23-30H2,1-2H3,(H,53,61)/t33-,36?,37+,38?,39?/m0/s1. The summed E-state index contributed by atoms with van der Waals surface area (Å²) in [6.07, 6.45) is 9.67. The maximum absolute atomic E-state index is 13.1. The molecule has 4 heterocycles. The molecular weight excluding hydrogens is 842 g/mol. The Morgan fingerprint density at radius 3 is 2.46 bits per heavy atom. The van der Waals surface area contributed by atoms with E-state index in [1.165, 1.54) is 12.7 Å². The maximum Gasteiger partial charge on any atom is 0.414 e. The lowest BCUT2D eigenvalue weighted by Crippen LogP contribution is -2.48. The van der Waals surface area contributed by atoms with Crippen molar-refractivity contribution in [3.8, 4) is 11.8 Å². The highest BCUT2D eigenvalue weighted by Gasteiger charge is 2.34. The van der Waals surface area contributed by atoms with Crippen molar-refractivity contribution in [2.24, 2.45) is 0 Å². The molecule has 0 spiro atoms. The second kappa shape index (κ2) is 20.2. The van der Waals surface area contributed by atoms with Gasteiger partial charge in [-0.05, 0) is 113 Å². The van der Waals surface area contributed by atoms with Crippen molar-refractivity contribution in [2.45, 2.75) is 108 Å². The zero-order chi connectivity index (χ0) is 44.9. The molecule has 65 heavy (non-hydrogen) atoms. The van der Waals surface area contributed by atoms with Gasteiger partial charge in [-0.1, -0.05) is 41.9 Å². The number of rotatable bonds is 12. The molecule has 0 radical (unpaired) electrons. The number of carbonyl (C=O) groups excluding carboxylic acids is 2. The zero-order valence-corrected chi connectivity index (χ0v) is 38.1. The van der Waals surface area contributed by atoms with Gasteiger partial charge in [0.25, 0.3) is 5.91 Å². The number of amides is 2. The number of hydrogen-bond acceptors (Lipinski definition) is 11. The number of ether oxygens (including phenoxy) is 3. The molecule has 15 heteroatoms. The monoisotopic (exact) mass is 899 g/mol. The van der Waals surface area contributed by atoms with Crippen molar-refractivity contribution in [1.82, 2.24) is 30.0 Å². The van der Waals surface area contributed by atoms with Gasteiger partial charge in [0.05, 0.1) is 53.2 Å². The Hall–Kier alpha value is -5.75. The number of piperazine rings is 1. The zero-order valence-electron chi connectivity index (χ0n) is 37.3. The van der Waals surface area contributed by atoms with Crippen molar-refractivity contribution in [3.05, 3.63) is 106 Å². The summed E-state index contributed by atoms with van der Waals surface area (Å²) in [4.78, 5) is 37.8. The van der Waals surface area contributed by atoms with Crippen LogP contribution in [0.15, 0.2) is 72.8 Å². The van der Waals surface area contributed by atoms with Crippen LogP contribution < -0.4 is 19.9 Å². The molecule has 14 nitrogen and oxygen atoms in total. The summed E-state index contributed by atoms with van der Waals surface area (Å²) in [5.74, 6) is 2.27. The summed E-state index contributed by atoms with van der Waals surface area (Å²) >= 11 is 6.17. The highest BCUT2D eigenvalue weighted by molar-refractivity contribution is 6.31. The van der Waals surface area contributed by atoms with Gasteiger partial charge in [-0.25, -0.2) is 9.78 Å². The second-order valence-electron chi connectivity index (χ2n) is 18.0. The van der Waals surface area contributed by atoms with E-state index >= 15 is 0 Å². The number of carbonyl (C=O) groups is 2. The van der Waals surface area contributed by atoms with Gasteiger partial charge in [-0.2, -0.15) is 5.26 Å². The fourth-order valence-corrected chi connectivity index (χ4v) is 10.5. The quantitative estimate of drug-likeness (QED) is 0.129. The molecule has 4 aliphatic rings. The van der Waals surface area contributed by atoms with Crippen LogP contribution in [0, 0.1) is 11.3 Å². The van der Waals surface area contributed by atoms with E-state index in [1.54, 1.807) is 29.2 Å². The molecule has 2 aliphatic carbocycles. The van der Waals surface area contributed by atoms with Crippen molar-refractivity contribution in [2.75, 3.05) is 56.2 Å². The summed E-state index contributed by atoms with van der Waals surface area (Å²) in [5, 5.41) is 21.4. The molecule has 340 valence electrons. The van der Waals surface area contributed by atoms with E-state index in [-0.39, 0.29) is 42.3 Å². The number of imidazole rings is 1. The largest absolute Gasteiger partial charge is 0.490 e. The van der Waals surface area contributed by atoms with Crippen LogP contribution in [0.25, 0.3) is 11.0 Å². The number of aromatic nitrogens is 4. The number of halogens is 1. The SMILES string of the molecule is COC(=O)N1c2ccc3c(nc(Cc4ccccc4)n3[C@@H]3CCCC(OCCN4CCN(c5ccc(C(=O)NC6CCC(Oc7ccc(C#N)c(Cl)c7)CC6)nn5)CC4)C3)c2CC[C@@H]1C. The normalized spacial score (nSPS) is 22.5. The highest BCUT2D eigenvalue weighted by Crippen LogP contribution is 2.40. The van der Waals surface area contributed by atoms with E-state index in [0.717, 1.165) is 137 Å². The van der Waals surface area contributed by atoms with Crippen LogP contribution in [-0.2, 0) is 22.3 Å². The Morgan fingerprint density at radius 1 is 0.908 bits per heavy atom. The fraction of sp³-hybridized carbons (Fsp3) is 0.480. The number of nitriles is 1. The van der Waals surface area contributed by atoms with E-state index in [4.69, 9.17) is 36.1 Å². The second-order valence-corrected chi connectivity index (χ2v) is 18.4. The lowest BCUT2D eigenvalue weighted by molar-refractivity contribution is 0.00421. The number of methoxy groups -OCH3 is 1. The van der Waals surface area contributed by atoms with Crippen molar-refractivity contribution in [3.63, 3.8) is 0 Å². The van der Waals surface area contributed by atoms with Crippen molar-refractivity contribution >= 4 is 46.1 Å². The summed E-state index contributed by atoms with van der Waals surface area (Å²) in [5.41, 5.74) is 6.12. The Balaban J connectivity index is 0.749. The number of nitrogens with zero attached hydrogens (tertiary/aromatic N) is 8. The number of nitrogens with one attached hydrogen (secondary N) is 1. The third-order valence-corrected chi connectivity index (χ3v) is 14.1. The number of fused-ring (bicyclic) bond motifs is 3. The summed E-state index contributed by atoms with van der Waals surface area (Å²) in [7, 11) is 1.45. The first-order valence-electron chi connectivity index (χ1n) is 23.3. The van der Waals surface area contributed by atoms with Gasteiger partial charge >= 0.3 is 6.09 Å². The maximum atomic E-state index is 13.1. The van der Waals surface area contributed by atoms with E-state index in [0.29, 0.717) is 28.6 Å². The molecule has 2 aromatic heterocycles. The van der Waals surface area contributed by atoms with Crippen LogP contribution in [-0.4, -0.2) is 107 Å². The topological polar surface area (TPSA) is 151 Å². The van der Waals surface area contributed by atoms with Crippen molar-refractivity contribution < 1.29 is 23.8 Å². The lowest BCUT2D eigenvalue weighted by Gasteiger charge is -2.36. The van der Waals surface area contributed by atoms with Crippen LogP contribution in [0.1, 0.15) is 104 Å². The highest BCUT2D eigenvalue weighted by atomic mass is 35.5. The van der Waals surface area contributed by atoms with E-state index in [9.17, 15) is 9.59 Å². The first kappa shape index (κ1) is 44.5. The fourth-order valence-electron chi connectivity index (χ4n) is 10.2. The molecule has 2 aliphatic heterocycles. The number of hydrogen-bond donors (Lipinski definition) is 1. The first-order chi connectivity index (χ1) is 31.7. The Labute approximate surface area is 385 Å². The molecule has 5 aromatic rings. The summed E-state index contributed by atoms with van der Waals surface area (Å²) < 4.78 is 20.4. The predicted octanol–water partition coefficient (Wildman–Crippen LogP) is 8.29. The minimum Gasteiger partial charge on any atom is -0.490 e. The molecule has 3 atom stereocenters. The molecular formula is C50H58ClN9O5. The number of anilines is 2. The van der Waals surface area contributed by atoms with Gasteiger partial charge in [0.1, 0.15) is 17.6 Å². The van der Waals surface area contributed by atoms with Crippen LogP contribution in [0.3, 0.4) is 0 Å². The van der Waals surface area contributed by atoms with Crippen LogP contribution >= 0.6 is 11.6 Å². The third-order valence-electron chi connectivity index (χ3n) is 13.8. The van der Waals surface area contributed by atoms with Gasteiger partial charge in [0.2, 0.25) is 0 Å². The Bertz CT molecular complexity index is 2500. The molecule has 1 unspecified atom stereocenters. The molecule has 9 rings (SSSR count). The van der Waals surface area contributed by atoms with Crippen molar-refractivity contribution in [1.29, 1.82) is 5.26 Å². The Morgan fingerprint density at radius 2 is 1.72 bits per heavy atom. The van der Waals surface area contributed by atoms with Crippen LogP contribution in [0.4, 0.5) is 16.3 Å². The smallest absolute Gasteiger partial charge is 0.414 e. The minimum atomic E-state index is -0.328. The summed E-state index contributed by atoms with van der Waals surface area (Å²) in [6, 6.07) is 26.0. The average molecular weight is 901 g/mol. The van der Waals surface area contributed by atoms with Gasteiger partial charge in [-0.3, -0.25) is 14.6 Å². The predicted molar refractivity (Wildman–Crippen MR) is 250 cm³/mol. The molecule has 1 N–H and O–H groups in total. The average Bonchev–Trinajstić information content (AvgIpc) is 3.70. The lowest BCUT2D eigenvalue weighted by atomic mass is 9.91. The molecule has 3 aromatic carbocycles. The van der Waals surface area contributed by atoms with Gasteiger partial charge in [0.15, 0.2) is 11.5 Å². The number of aryl methyl sites for hydroxylation is 1. The summed E-state index contributed by atoms with van der Waals surface area (Å²) in [6.45, 7) is 7.06. The van der Waals surface area contributed by atoms with Crippen LogP contribution in [0.5, 0.6) is 5.75 Å². The first-order valence-corrected chi connectivity index (χ1v) is 23.7. The molecule has 0 bridgehead atoms. The minimum absolute atomic E-state index is 0.0273. The van der Waals surface area contributed by atoms with Gasteiger partial charge in [-0.15, -0.1) is 10.2 Å². The third kappa shape index (κ3) is 10.1. The van der Waals surface area contributed by atoms with E-state index in [2.05, 4.69) is 85.3 Å². The van der Waals surface area contributed by atoms with Crippen LogP contribution in [0.2, 0.25) is 5.02 Å². The molecule has 3 fully saturated rings.